The summed E-state index contributed by atoms with van der Waals surface area (Å²) in [6, 6.07) is 4.32. The van der Waals surface area contributed by atoms with Crippen LogP contribution >= 0.6 is 11.8 Å². The number of nitrogens with zero attached hydrogens (tertiary/aromatic N) is 1. The Labute approximate surface area is 153 Å². The molecule has 1 unspecified atom stereocenters. The summed E-state index contributed by atoms with van der Waals surface area (Å²) >= 11 is 1.54. The molecule has 0 spiro atoms. The van der Waals surface area contributed by atoms with E-state index >= 15 is 0 Å². The molecule has 1 aliphatic rings. The molecule has 1 N–H and O–H groups in total. The van der Waals surface area contributed by atoms with Crippen molar-refractivity contribution in [2.75, 3.05) is 25.1 Å². The van der Waals surface area contributed by atoms with Gasteiger partial charge in [-0.3, -0.25) is 4.79 Å². The van der Waals surface area contributed by atoms with E-state index in [0.717, 1.165) is 18.9 Å². The number of hydrogen-bond donors (Lipinski definition) is 1. The maximum atomic E-state index is 13.9. The van der Waals surface area contributed by atoms with E-state index < -0.39 is 26.8 Å². The molecule has 0 aromatic heterocycles. The quantitative estimate of drug-likeness (QED) is 0.779. The van der Waals surface area contributed by atoms with Crippen LogP contribution in [0.15, 0.2) is 29.2 Å². The predicted octanol–water partition coefficient (Wildman–Crippen LogP) is 2.48. The summed E-state index contributed by atoms with van der Waals surface area (Å²) in [5.74, 6) is 0.169. The molecular formula is C17H25FN2O3S2. The number of halogens is 1. The van der Waals surface area contributed by atoms with Gasteiger partial charge in [0.15, 0.2) is 0 Å². The van der Waals surface area contributed by atoms with Crippen LogP contribution in [0.3, 0.4) is 0 Å². The van der Waals surface area contributed by atoms with Gasteiger partial charge in [0, 0.05) is 13.1 Å². The molecule has 25 heavy (non-hydrogen) atoms. The Bertz CT molecular complexity index is 689. The molecule has 0 saturated carbocycles. The van der Waals surface area contributed by atoms with Crippen molar-refractivity contribution in [2.24, 2.45) is 5.92 Å². The second kappa shape index (κ2) is 9.00. The fourth-order valence-electron chi connectivity index (χ4n) is 2.83. The lowest BCUT2D eigenvalue weighted by atomic mass is 9.98. The molecule has 5 nitrogen and oxygen atoms in total. The van der Waals surface area contributed by atoms with Gasteiger partial charge in [-0.15, -0.1) is 0 Å². The monoisotopic (exact) mass is 388 g/mol. The fraction of sp³-hybridized carbons (Fsp3) is 0.588. The van der Waals surface area contributed by atoms with Crippen LogP contribution < -0.4 is 4.72 Å². The zero-order valence-corrected chi connectivity index (χ0v) is 16.2. The standard InChI is InChI=1S/C17H25FN2O3S2/c1-13-7-10-20(11-8-13)17(21)15(9-12-24-2)19-25(22,23)16-6-4-3-5-14(16)18/h3-6,13,15,19H,7-12H2,1-2H3. The van der Waals surface area contributed by atoms with Gasteiger partial charge in [-0.1, -0.05) is 19.1 Å². The summed E-state index contributed by atoms with van der Waals surface area (Å²) in [4.78, 5) is 14.1. The van der Waals surface area contributed by atoms with Crippen LogP contribution in [0.4, 0.5) is 4.39 Å². The number of sulfonamides is 1. The van der Waals surface area contributed by atoms with Crippen molar-refractivity contribution in [1.82, 2.24) is 9.62 Å². The van der Waals surface area contributed by atoms with Gasteiger partial charge in [-0.2, -0.15) is 16.5 Å². The minimum atomic E-state index is -4.10. The third-order valence-corrected chi connectivity index (χ3v) is 6.58. The highest BCUT2D eigenvalue weighted by Crippen LogP contribution is 2.19. The van der Waals surface area contributed by atoms with Crippen molar-refractivity contribution in [3.05, 3.63) is 30.1 Å². The Morgan fingerprint density at radius 3 is 2.60 bits per heavy atom. The molecule has 2 rings (SSSR count). The molecule has 1 saturated heterocycles. The molecule has 1 fully saturated rings. The van der Waals surface area contributed by atoms with Gasteiger partial charge in [-0.05, 0) is 49.3 Å². The Kier molecular flexibility index (Phi) is 7.27. The van der Waals surface area contributed by atoms with Crippen LogP contribution in [0.2, 0.25) is 0 Å². The van der Waals surface area contributed by atoms with Crippen LogP contribution in [0.25, 0.3) is 0 Å². The summed E-state index contributed by atoms with van der Waals surface area (Å²) in [5, 5.41) is 0. The average Bonchev–Trinajstić information content (AvgIpc) is 2.59. The molecule has 1 atom stereocenters. The summed E-state index contributed by atoms with van der Waals surface area (Å²) in [7, 11) is -4.10. The number of amides is 1. The van der Waals surface area contributed by atoms with Crippen molar-refractivity contribution >= 4 is 27.7 Å². The fourth-order valence-corrected chi connectivity index (χ4v) is 4.61. The lowest BCUT2D eigenvalue weighted by Crippen LogP contribution is -2.50. The second-order valence-electron chi connectivity index (χ2n) is 6.39. The van der Waals surface area contributed by atoms with E-state index in [-0.39, 0.29) is 5.91 Å². The lowest BCUT2D eigenvalue weighted by molar-refractivity contribution is -0.134. The Morgan fingerprint density at radius 2 is 2.00 bits per heavy atom. The van der Waals surface area contributed by atoms with Gasteiger partial charge in [0.1, 0.15) is 16.8 Å². The molecule has 140 valence electrons. The van der Waals surface area contributed by atoms with Gasteiger partial charge < -0.3 is 4.90 Å². The van der Waals surface area contributed by atoms with Gasteiger partial charge in [0.25, 0.3) is 0 Å². The highest BCUT2D eigenvalue weighted by Gasteiger charge is 2.31. The van der Waals surface area contributed by atoms with Crippen molar-refractivity contribution in [1.29, 1.82) is 0 Å². The second-order valence-corrected chi connectivity index (χ2v) is 9.06. The van der Waals surface area contributed by atoms with Crippen molar-refractivity contribution in [3.63, 3.8) is 0 Å². The normalized spacial score (nSPS) is 17.5. The van der Waals surface area contributed by atoms with Crippen molar-refractivity contribution in [3.8, 4) is 0 Å². The summed E-state index contributed by atoms with van der Waals surface area (Å²) in [6.07, 6.45) is 4.11. The SMILES string of the molecule is CSCCC(NS(=O)(=O)c1ccccc1F)C(=O)N1CCC(C)CC1. The van der Waals surface area contributed by atoms with Gasteiger partial charge >= 0.3 is 0 Å². The Hall–Kier alpha value is -1.12. The largest absolute Gasteiger partial charge is 0.341 e. The van der Waals surface area contributed by atoms with E-state index in [2.05, 4.69) is 11.6 Å². The molecule has 0 bridgehead atoms. The number of piperidine rings is 1. The number of thioether (sulfide) groups is 1. The Morgan fingerprint density at radius 1 is 1.36 bits per heavy atom. The third-order valence-electron chi connectivity index (χ3n) is 4.43. The molecule has 1 amide bonds. The van der Waals surface area contributed by atoms with Gasteiger partial charge in [0.05, 0.1) is 0 Å². The van der Waals surface area contributed by atoms with E-state index in [1.54, 1.807) is 4.90 Å². The first-order valence-corrected chi connectivity index (χ1v) is 11.3. The number of likely N-dealkylation sites (tertiary alicyclic amines) is 1. The molecule has 1 heterocycles. The molecule has 8 heteroatoms. The van der Waals surface area contributed by atoms with E-state index in [0.29, 0.717) is 31.2 Å². The first-order valence-electron chi connectivity index (χ1n) is 8.39. The number of carbonyl (C=O) groups is 1. The van der Waals surface area contributed by atoms with Crippen LogP contribution in [-0.4, -0.2) is 50.4 Å². The summed E-state index contributed by atoms with van der Waals surface area (Å²) in [6.45, 7) is 3.42. The topological polar surface area (TPSA) is 66.5 Å². The molecule has 1 aromatic carbocycles. The predicted molar refractivity (Wildman–Crippen MR) is 98.5 cm³/mol. The minimum absolute atomic E-state index is 0.221. The number of hydrogen-bond acceptors (Lipinski definition) is 4. The zero-order valence-electron chi connectivity index (χ0n) is 14.6. The van der Waals surface area contributed by atoms with Gasteiger partial charge in [-0.25, -0.2) is 12.8 Å². The smallest absolute Gasteiger partial charge is 0.244 e. The number of benzene rings is 1. The number of rotatable bonds is 7. The molecule has 1 aliphatic heterocycles. The van der Waals surface area contributed by atoms with Crippen LogP contribution in [0.1, 0.15) is 26.2 Å². The highest BCUT2D eigenvalue weighted by atomic mass is 32.2. The number of nitrogens with one attached hydrogen (secondary N) is 1. The molecule has 1 aromatic rings. The first-order chi connectivity index (χ1) is 11.8. The van der Waals surface area contributed by atoms with Crippen LogP contribution in [0, 0.1) is 11.7 Å². The zero-order chi connectivity index (χ0) is 18.4. The van der Waals surface area contributed by atoms with E-state index in [9.17, 15) is 17.6 Å². The first kappa shape index (κ1) is 20.2. The van der Waals surface area contributed by atoms with Crippen molar-refractivity contribution < 1.29 is 17.6 Å². The van der Waals surface area contributed by atoms with Crippen molar-refractivity contribution in [2.45, 2.75) is 37.1 Å². The van der Waals surface area contributed by atoms with E-state index in [1.807, 2.05) is 6.26 Å². The molecule has 0 aliphatic carbocycles. The third kappa shape index (κ3) is 5.43. The average molecular weight is 389 g/mol. The molecular weight excluding hydrogens is 363 g/mol. The van der Waals surface area contributed by atoms with E-state index in [1.165, 1.54) is 30.0 Å². The Balaban J connectivity index is 2.16. The van der Waals surface area contributed by atoms with E-state index in [4.69, 9.17) is 0 Å². The minimum Gasteiger partial charge on any atom is -0.341 e. The maximum absolute atomic E-state index is 13.9. The molecule has 0 radical (unpaired) electrons. The summed E-state index contributed by atoms with van der Waals surface area (Å²) < 4.78 is 41.4. The summed E-state index contributed by atoms with van der Waals surface area (Å²) in [5.41, 5.74) is 0. The van der Waals surface area contributed by atoms with Crippen LogP contribution in [0.5, 0.6) is 0 Å². The highest BCUT2D eigenvalue weighted by molar-refractivity contribution is 7.98. The lowest BCUT2D eigenvalue weighted by Gasteiger charge is -2.33. The van der Waals surface area contributed by atoms with Gasteiger partial charge in [0.2, 0.25) is 15.9 Å². The maximum Gasteiger partial charge on any atom is 0.244 e. The number of carbonyl (C=O) groups excluding carboxylic acids is 1. The van der Waals surface area contributed by atoms with Crippen LogP contribution in [-0.2, 0) is 14.8 Å².